The maximum atomic E-state index is 12.2. The molecule has 0 unspecified atom stereocenters. The van der Waals surface area contributed by atoms with Crippen molar-refractivity contribution in [1.29, 1.82) is 0 Å². The second kappa shape index (κ2) is 7.37. The van der Waals surface area contributed by atoms with E-state index in [4.69, 9.17) is 0 Å². The van der Waals surface area contributed by atoms with Crippen molar-refractivity contribution >= 4 is 11.6 Å². The van der Waals surface area contributed by atoms with E-state index < -0.39 is 0 Å². The molecule has 2 aromatic heterocycles. The number of benzene rings is 1. The smallest absolute Gasteiger partial charge is 0.253 e. The fourth-order valence-corrected chi connectivity index (χ4v) is 4.20. The highest BCUT2D eigenvalue weighted by Gasteiger charge is 2.24. The van der Waals surface area contributed by atoms with E-state index in [1.807, 2.05) is 25.3 Å². The van der Waals surface area contributed by atoms with Gasteiger partial charge in [0.2, 0.25) is 0 Å². The summed E-state index contributed by atoms with van der Waals surface area (Å²) in [6.07, 6.45) is 2.66. The molecule has 6 heteroatoms. The van der Waals surface area contributed by atoms with Gasteiger partial charge in [0.25, 0.3) is 5.91 Å². The van der Waals surface area contributed by atoms with Crippen molar-refractivity contribution < 1.29 is 4.79 Å². The Labute approximate surface area is 170 Å². The molecule has 29 heavy (non-hydrogen) atoms. The van der Waals surface area contributed by atoms with Gasteiger partial charge in [0.05, 0.1) is 11.3 Å². The van der Waals surface area contributed by atoms with Crippen LogP contribution < -0.4 is 15.5 Å². The van der Waals surface area contributed by atoms with Crippen LogP contribution in [0.15, 0.2) is 48.7 Å². The number of carbonyl (C=O) groups excluding carboxylic acids is 1. The van der Waals surface area contributed by atoms with Gasteiger partial charge >= 0.3 is 0 Å². The molecule has 4 heterocycles. The molecule has 0 bridgehead atoms. The van der Waals surface area contributed by atoms with Gasteiger partial charge in [0.1, 0.15) is 0 Å². The van der Waals surface area contributed by atoms with Crippen molar-refractivity contribution in [3.8, 4) is 22.5 Å². The van der Waals surface area contributed by atoms with Crippen LogP contribution in [0, 0.1) is 0 Å². The lowest BCUT2D eigenvalue weighted by Gasteiger charge is -2.29. The van der Waals surface area contributed by atoms with E-state index >= 15 is 0 Å². The Kier molecular flexibility index (Phi) is 4.56. The van der Waals surface area contributed by atoms with Crippen molar-refractivity contribution in [2.45, 2.75) is 19.4 Å². The largest absolute Gasteiger partial charge is 0.369 e. The van der Waals surface area contributed by atoms with E-state index in [-0.39, 0.29) is 11.9 Å². The van der Waals surface area contributed by atoms with Gasteiger partial charge in [-0.15, -0.1) is 0 Å². The highest BCUT2D eigenvalue weighted by Crippen LogP contribution is 2.28. The number of H-pyrrole nitrogens is 1. The third-order valence-corrected chi connectivity index (χ3v) is 5.75. The highest BCUT2D eigenvalue weighted by molar-refractivity contribution is 5.98. The normalized spacial score (nSPS) is 19.0. The van der Waals surface area contributed by atoms with E-state index in [2.05, 4.69) is 55.8 Å². The molecule has 3 N–H and O–H groups in total. The number of hydrogen-bond donors (Lipinski definition) is 3. The van der Waals surface area contributed by atoms with Gasteiger partial charge in [0, 0.05) is 73.0 Å². The first kappa shape index (κ1) is 17.9. The fourth-order valence-electron chi connectivity index (χ4n) is 4.20. The standard InChI is InChI=1S/C23H25N5O/c1-15-12-22-19(23(29)26-15)14-21(27-22)17-6-7-25-20(13-17)16-2-4-18(5-3-16)28-10-8-24-9-11-28/h2-7,13-15,24,27H,8-12H2,1H3,(H,26,29)/t15-/m1/s1. The number of anilines is 1. The number of carbonyl (C=O) groups is 1. The lowest BCUT2D eigenvalue weighted by molar-refractivity contribution is 0.0929. The summed E-state index contributed by atoms with van der Waals surface area (Å²) >= 11 is 0. The van der Waals surface area contributed by atoms with Gasteiger partial charge in [-0.3, -0.25) is 9.78 Å². The summed E-state index contributed by atoms with van der Waals surface area (Å²) in [6, 6.07) is 14.8. The maximum absolute atomic E-state index is 12.2. The Bertz CT molecular complexity index is 1030. The topological polar surface area (TPSA) is 73.0 Å². The van der Waals surface area contributed by atoms with E-state index in [1.54, 1.807) is 0 Å². The summed E-state index contributed by atoms with van der Waals surface area (Å²) in [4.78, 5) is 22.7. The molecule has 0 aliphatic carbocycles. The number of aromatic nitrogens is 2. The van der Waals surface area contributed by atoms with Crippen LogP contribution in [0.25, 0.3) is 22.5 Å². The number of nitrogens with zero attached hydrogens (tertiary/aromatic N) is 2. The summed E-state index contributed by atoms with van der Waals surface area (Å²) in [7, 11) is 0. The van der Waals surface area contributed by atoms with Gasteiger partial charge in [-0.25, -0.2) is 0 Å². The third-order valence-electron chi connectivity index (χ3n) is 5.75. The van der Waals surface area contributed by atoms with Gasteiger partial charge in [-0.1, -0.05) is 12.1 Å². The summed E-state index contributed by atoms with van der Waals surface area (Å²) in [5.41, 5.74) is 7.03. The summed E-state index contributed by atoms with van der Waals surface area (Å²) in [6.45, 7) is 6.16. The summed E-state index contributed by atoms with van der Waals surface area (Å²) in [5.74, 6) is -0.000897. The molecule has 5 rings (SSSR count). The Morgan fingerprint density at radius 1 is 1.03 bits per heavy atom. The molecular weight excluding hydrogens is 362 g/mol. The molecule has 0 saturated carbocycles. The number of nitrogens with one attached hydrogen (secondary N) is 3. The van der Waals surface area contributed by atoms with Crippen molar-refractivity contribution in [2.24, 2.45) is 0 Å². The molecule has 2 aliphatic rings. The molecule has 2 aliphatic heterocycles. The minimum atomic E-state index is -0.000897. The van der Waals surface area contributed by atoms with Crippen LogP contribution in [-0.2, 0) is 6.42 Å². The predicted octanol–water partition coefficient (Wildman–Crippen LogP) is 2.83. The van der Waals surface area contributed by atoms with Crippen LogP contribution >= 0.6 is 0 Å². The molecule has 1 saturated heterocycles. The van der Waals surface area contributed by atoms with Crippen LogP contribution in [0.5, 0.6) is 0 Å². The van der Waals surface area contributed by atoms with Gasteiger partial charge in [0.15, 0.2) is 0 Å². The quantitative estimate of drug-likeness (QED) is 0.646. The van der Waals surface area contributed by atoms with Crippen molar-refractivity contribution in [3.05, 3.63) is 59.9 Å². The molecule has 0 spiro atoms. The Hall–Kier alpha value is -3.12. The number of rotatable bonds is 3. The van der Waals surface area contributed by atoms with Crippen LogP contribution in [0.3, 0.4) is 0 Å². The lowest BCUT2D eigenvalue weighted by atomic mass is 10.0. The molecular formula is C23H25N5O. The predicted molar refractivity (Wildman–Crippen MR) is 115 cm³/mol. The van der Waals surface area contributed by atoms with Gasteiger partial charge in [-0.05, 0) is 37.3 Å². The number of pyridine rings is 1. The lowest BCUT2D eigenvalue weighted by Crippen LogP contribution is -2.43. The van der Waals surface area contributed by atoms with Crippen LogP contribution in [-0.4, -0.2) is 48.1 Å². The average Bonchev–Trinajstić information content (AvgIpc) is 3.19. The molecule has 148 valence electrons. The monoisotopic (exact) mass is 387 g/mol. The Balaban J connectivity index is 1.42. The second-order valence-corrected chi connectivity index (χ2v) is 7.87. The van der Waals surface area contributed by atoms with Crippen molar-refractivity contribution in [2.75, 3.05) is 31.1 Å². The minimum absolute atomic E-state index is 0.000897. The minimum Gasteiger partial charge on any atom is -0.369 e. The van der Waals surface area contributed by atoms with Crippen molar-refractivity contribution in [3.63, 3.8) is 0 Å². The Morgan fingerprint density at radius 2 is 1.83 bits per heavy atom. The maximum Gasteiger partial charge on any atom is 0.253 e. The highest BCUT2D eigenvalue weighted by atomic mass is 16.1. The van der Waals surface area contributed by atoms with Crippen molar-refractivity contribution in [1.82, 2.24) is 20.6 Å². The average molecular weight is 387 g/mol. The zero-order valence-corrected chi connectivity index (χ0v) is 16.5. The Morgan fingerprint density at radius 3 is 2.62 bits per heavy atom. The number of fused-ring (bicyclic) bond motifs is 1. The number of aromatic amines is 1. The SMILES string of the molecule is C[C@@H]1Cc2[nH]c(-c3ccnc(-c4ccc(N5CCNCC5)cc4)c3)cc2C(=O)N1. The zero-order valence-electron chi connectivity index (χ0n) is 16.5. The first-order chi connectivity index (χ1) is 14.2. The van der Waals surface area contributed by atoms with E-state index in [1.165, 1.54) is 5.69 Å². The number of piperazine rings is 1. The fraction of sp³-hybridized carbons (Fsp3) is 0.304. The van der Waals surface area contributed by atoms with E-state index in [0.29, 0.717) is 0 Å². The van der Waals surface area contributed by atoms with E-state index in [9.17, 15) is 4.79 Å². The zero-order chi connectivity index (χ0) is 19.8. The van der Waals surface area contributed by atoms with Crippen LogP contribution in [0.2, 0.25) is 0 Å². The first-order valence-corrected chi connectivity index (χ1v) is 10.2. The molecule has 3 aromatic rings. The van der Waals surface area contributed by atoms with Crippen LogP contribution in [0.1, 0.15) is 23.0 Å². The molecule has 0 radical (unpaired) electrons. The number of amides is 1. The molecule has 1 aromatic carbocycles. The van der Waals surface area contributed by atoms with Gasteiger partial charge < -0.3 is 20.5 Å². The molecule has 6 nitrogen and oxygen atoms in total. The van der Waals surface area contributed by atoms with Gasteiger partial charge in [-0.2, -0.15) is 0 Å². The first-order valence-electron chi connectivity index (χ1n) is 10.2. The third kappa shape index (κ3) is 3.51. The second-order valence-electron chi connectivity index (χ2n) is 7.87. The molecule has 1 atom stereocenters. The molecule has 1 fully saturated rings. The molecule has 1 amide bonds. The van der Waals surface area contributed by atoms with Crippen LogP contribution in [0.4, 0.5) is 5.69 Å². The summed E-state index contributed by atoms with van der Waals surface area (Å²) < 4.78 is 0. The summed E-state index contributed by atoms with van der Waals surface area (Å²) in [5, 5.41) is 6.38. The van der Waals surface area contributed by atoms with E-state index in [0.717, 1.165) is 66.4 Å². The number of hydrogen-bond acceptors (Lipinski definition) is 4.